The largest absolute Gasteiger partial charge is 0.491 e. The molecule has 0 spiro atoms. The van der Waals surface area contributed by atoms with Gasteiger partial charge in [-0.15, -0.1) is 0 Å². The van der Waals surface area contributed by atoms with Crippen LogP contribution in [0.15, 0.2) is 36.7 Å². The third-order valence-corrected chi connectivity index (χ3v) is 3.64. The van der Waals surface area contributed by atoms with Crippen molar-refractivity contribution in [2.75, 3.05) is 11.9 Å². The quantitative estimate of drug-likeness (QED) is 0.782. The van der Waals surface area contributed by atoms with E-state index in [-0.39, 0.29) is 5.91 Å². The van der Waals surface area contributed by atoms with Gasteiger partial charge >= 0.3 is 0 Å². The molecule has 0 saturated carbocycles. The first-order valence-corrected chi connectivity index (χ1v) is 8.00. The predicted molar refractivity (Wildman–Crippen MR) is 92.7 cm³/mol. The Morgan fingerprint density at radius 2 is 2.08 bits per heavy atom. The topological polar surface area (TPSA) is 68.5 Å². The molecule has 1 amide bonds. The molecule has 3 aromatic heterocycles. The second-order valence-electron chi connectivity index (χ2n) is 5.45. The van der Waals surface area contributed by atoms with E-state index in [1.807, 2.05) is 48.8 Å². The molecule has 0 bridgehead atoms. The van der Waals surface area contributed by atoms with Crippen LogP contribution in [0.1, 0.15) is 35.7 Å². The van der Waals surface area contributed by atoms with Crippen LogP contribution in [0.25, 0.3) is 5.65 Å². The zero-order valence-electron chi connectivity index (χ0n) is 14.0. The zero-order valence-corrected chi connectivity index (χ0v) is 14.0. The van der Waals surface area contributed by atoms with E-state index < -0.39 is 0 Å². The summed E-state index contributed by atoms with van der Waals surface area (Å²) in [5, 5.41) is 2.88. The van der Waals surface area contributed by atoms with Gasteiger partial charge in [-0.2, -0.15) is 0 Å². The van der Waals surface area contributed by atoms with Crippen LogP contribution in [0, 0.1) is 6.92 Å². The lowest BCUT2D eigenvalue weighted by Gasteiger charge is -2.12. The monoisotopic (exact) mass is 324 g/mol. The van der Waals surface area contributed by atoms with E-state index in [1.54, 1.807) is 6.07 Å². The minimum Gasteiger partial charge on any atom is -0.491 e. The fraction of sp³-hybridized carbons (Fsp3) is 0.278. The minimum absolute atomic E-state index is 0.269. The van der Waals surface area contributed by atoms with E-state index in [4.69, 9.17) is 4.74 Å². The van der Waals surface area contributed by atoms with Gasteiger partial charge in [-0.05, 0) is 32.4 Å². The standard InChI is InChI=1S/C18H20N4O2/c1-4-13-10-22-11-15(16(24-5-2)9-17(22)20-13)21-18(23)14-8-6-7-12(3)19-14/h6-11H,4-5H2,1-3H3,(H,21,23). The molecule has 3 aromatic rings. The minimum atomic E-state index is -0.269. The van der Waals surface area contributed by atoms with Gasteiger partial charge < -0.3 is 14.5 Å². The number of aryl methyl sites for hydroxylation is 2. The molecule has 0 aliphatic rings. The number of hydrogen-bond donors (Lipinski definition) is 1. The predicted octanol–water partition coefficient (Wildman–Crippen LogP) is 3.25. The van der Waals surface area contributed by atoms with Crippen LogP contribution in [0.4, 0.5) is 5.69 Å². The van der Waals surface area contributed by atoms with E-state index in [2.05, 4.69) is 22.2 Å². The molecule has 6 nitrogen and oxygen atoms in total. The molecule has 124 valence electrons. The van der Waals surface area contributed by atoms with Gasteiger partial charge in [0.2, 0.25) is 0 Å². The summed E-state index contributed by atoms with van der Waals surface area (Å²) >= 11 is 0. The van der Waals surface area contributed by atoms with Crippen molar-refractivity contribution in [3.8, 4) is 5.75 Å². The first-order chi connectivity index (χ1) is 11.6. The van der Waals surface area contributed by atoms with Crippen LogP contribution in [-0.2, 0) is 6.42 Å². The number of carbonyl (C=O) groups is 1. The Balaban J connectivity index is 1.97. The highest BCUT2D eigenvalue weighted by Gasteiger charge is 2.14. The molecule has 1 N–H and O–H groups in total. The van der Waals surface area contributed by atoms with Crippen molar-refractivity contribution in [2.45, 2.75) is 27.2 Å². The smallest absolute Gasteiger partial charge is 0.274 e. The van der Waals surface area contributed by atoms with Gasteiger partial charge in [-0.3, -0.25) is 4.79 Å². The number of carbonyl (C=O) groups excluding carboxylic acids is 1. The Morgan fingerprint density at radius 3 is 2.79 bits per heavy atom. The molecule has 6 heteroatoms. The number of hydrogen-bond acceptors (Lipinski definition) is 4. The van der Waals surface area contributed by atoms with Crippen LogP contribution in [-0.4, -0.2) is 26.9 Å². The van der Waals surface area contributed by atoms with Crippen LogP contribution in [0.2, 0.25) is 0 Å². The number of nitrogens with one attached hydrogen (secondary N) is 1. The second kappa shape index (κ2) is 6.70. The fourth-order valence-electron chi connectivity index (χ4n) is 2.46. The van der Waals surface area contributed by atoms with Crippen molar-refractivity contribution in [1.29, 1.82) is 0 Å². The summed E-state index contributed by atoms with van der Waals surface area (Å²) in [7, 11) is 0. The van der Waals surface area contributed by atoms with Crippen LogP contribution < -0.4 is 10.1 Å². The van der Waals surface area contributed by atoms with Gasteiger partial charge in [0.15, 0.2) is 0 Å². The first kappa shape index (κ1) is 16.0. The summed E-state index contributed by atoms with van der Waals surface area (Å²) < 4.78 is 7.55. The Labute approximate surface area is 140 Å². The lowest BCUT2D eigenvalue weighted by atomic mass is 10.3. The van der Waals surface area contributed by atoms with Crippen molar-refractivity contribution in [3.05, 3.63) is 53.7 Å². The summed E-state index contributed by atoms with van der Waals surface area (Å²) in [6, 6.07) is 7.19. The number of ether oxygens (including phenoxy) is 1. The van der Waals surface area contributed by atoms with E-state index in [0.717, 1.165) is 23.5 Å². The molecule has 0 aliphatic carbocycles. The molecule has 24 heavy (non-hydrogen) atoms. The van der Waals surface area contributed by atoms with E-state index in [9.17, 15) is 4.79 Å². The van der Waals surface area contributed by atoms with Crippen LogP contribution >= 0.6 is 0 Å². The number of fused-ring (bicyclic) bond motifs is 1. The molecule has 0 radical (unpaired) electrons. The summed E-state index contributed by atoms with van der Waals surface area (Å²) in [5.74, 6) is 0.328. The molecular formula is C18H20N4O2. The Kier molecular flexibility index (Phi) is 4.46. The molecule has 0 aliphatic heterocycles. The Bertz CT molecular complexity index is 886. The van der Waals surface area contributed by atoms with Gasteiger partial charge in [0, 0.05) is 24.2 Å². The van der Waals surface area contributed by atoms with Crippen LogP contribution in [0.3, 0.4) is 0 Å². The molecule has 0 atom stereocenters. The molecule has 0 saturated heterocycles. The van der Waals surface area contributed by atoms with Crippen molar-refractivity contribution >= 4 is 17.2 Å². The van der Waals surface area contributed by atoms with Gasteiger partial charge in [0.25, 0.3) is 5.91 Å². The number of anilines is 1. The number of nitrogens with zero attached hydrogens (tertiary/aromatic N) is 3. The fourth-order valence-corrected chi connectivity index (χ4v) is 2.46. The number of pyridine rings is 2. The van der Waals surface area contributed by atoms with Crippen molar-refractivity contribution in [3.63, 3.8) is 0 Å². The summed E-state index contributed by atoms with van der Waals surface area (Å²) in [5.41, 5.74) is 3.55. The third kappa shape index (κ3) is 3.22. The summed E-state index contributed by atoms with van der Waals surface area (Å²) in [6.45, 7) is 6.31. The van der Waals surface area contributed by atoms with E-state index in [0.29, 0.717) is 23.7 Å². The van der Waals surface area contributed by atoms with Crippen LogP contribution in [0.5, 0.6) is 5.75 Å². The number of aromatic nitrogens is 3. The highest BCUT2D eigenvalue weighted by molar-refractivity contribution is 6.03. The Hall–Kier alpha value is -2.89. The second-order valence-corrected chi connectivity index (χ2v) is 5.45. The molecular weight excluding hydrogens is 304 g/mol. The molecule has 0 unspecified atom stereocenters. The number of imidazole rings is 1. The van der Waals surface area contributed by atoms with Gasteiger partial charge in [-0.1, -0.05) is 13.0 Å². The maximum absolute atomic E-state index is 12.5. The van der Waals surface area contributed by atoms with Crippen molar-refractivity contribution in [1.82, 2.24) is 14.4 Å². The van der Waals surface area contributed by atoms with Gasteiger partial charge in [0.1, 0.15) is 22.8 Å². The first-order valence-electron chi connectivity index (χ1n) is 8.00. The average molecular weight is 324 g/mol. The summed E-state index contributed by atoms with van der Waals surface area (Å²) in [4.78, 5) is 21.2. The molecule has 0 aromatic carbocycles. The number of rotatable bonds is 5. The highest BCUT2D eigenvalue weighted by Crippen LogP contribution is 2.27. The summed E-state index contributed by atoms with van der Waals surface area (Å²) in [6.07, 6.45) is 4.62. The normalized spacial score (nSPS) is 10.8. The molecule has 3 rings (SSSR count). The molecule has 3 heterocycles. The van der Waals surface area contributed by atoms with Gasteiger partial charge in [0.05, 0.1) is 12.3 Å². The average Bonchev–Trinajstić information content (AvgIpc) is 2.97. The lowest BCUT2D eigenvalue weighted by Crippen LogP contribution is -2.15. The maximum Gasteiger partial charge on any atom is 0.274 e. The Morgan fingerprint density at radius 1 is 1.25 bits per heavy atom. The maximum atomic E-state index is 12.5. The third-order valence-electron chi connectivity index (χ3n) is 3.64. The van der Waals surface area contributed by atoms with Gasteiger partial charge in [-0.25, -0.2) is 9.97 Å². The van der Waals surface area contributed by atoms with Crippen molar-refractivity contribution < 1.29 is 9.53 Å². The molecule has 0 fully saturated rings. The highest BCUT2D eigenvalue weighted by atomic mass is 16.5. The zero-order chi connectivity index (χ0) is 17.1. The lowest BCUT2D eigenvalue weighted by molar-refractivity contribution is 0.102. The number of amides is 1. The van der Waals surface area contributed by atoms with E-state index in [1.165, 1.54) is 0 Å². The van der Waals surface area contributed by atoms with Crippen molar-refractivity contribution in [2.24, 2.45) is 0 Å². The SMILES string of the molecule is CCOc1cc2nc(CC)cn2cc1NC(=O)c1cccc(C)n1. The van der Waals surface area contributed by atoms with E-state index >= 15 is 0 Å².